The van der Waals surface area contributed by atoms with Gasteiger partial charge >= 0.3 is 5.51 Å². The third-order valence-corrected chi connectivity index (χ3v) is 4.58. The summed E-state index contributed by atoms with van der Waals surface area (Å²) < 4.78 is 49.8. The number of alkyl halides is 3. The van der Waals surface area contributed by atoms with Gasteiger partial charge in [-0.1, -0.05) is 30.7 Å². The molecule has 2 rings (SSSR count). The molecule has 1 aliphatic carbocycles. The number of hydrogen-bond acceptors (Lipinski definition) is 1. The fraction of sp³-hybridized carbons (Fsp3) is 0.538. The van der Waals surface area contributed by atoms with E-state index in [1.54, 1.807) is 0 Å². The highest BCUT2D eigenvalue weighted by Crippen LogP contribution is 2.30. The van der Waals surface area contributed by atoms with Crippen molar-refractivity contribution in [1.82, 2.24) is 4.31 Å². The molecule has 2 nitrogen and oxygen atoms in total. The maximum absolute atomic E-state index is 12.5. The predicted molar refractivity (Wildman–Crippen MR) is 69.5 cm³/mol. The van der Waals surface area contributed by atoms with Gasteiger partial charge in [-0.2, -0.15) is 13.2 Å². The quantitative estimate of drug-likeness (QED) is 0.763. The predicted octanol–water partition coefficient (Wildman–Crippen LogP) is 3.47. The molecule has 19 heavy (non-hydrogen) atoms. The fourth-order valence-electron chi connectivity index (χ4n) is 2.29. The largest absolute Gasteiger partial charge is 0.485 e. The summed E-state index contributed by atoms with van der Waals surface area (Å²) in [5.74, 6) is 0. The van der Waals surface area contributed by atoms with Crippen LogP contribution in [0.15, 0.2) is 34.9 Å². The van der Waals surface area contributed by atoms with E-state index in [-0.39, 0.29) is 13.1 Å². The van der Waals surface area contributed by atoms with E-state index in [2.05, 4.69) is 0 Å². The van der Waals surface area contributed by atoms with E-state index in [0.29, 0.717) is 12.8 Å². The van der Waals surface area contributed by atoms with Crippen LogP contribution < -0.4 is 0 Å². The van der Waals surface area contributed by atoms with Gasteiger partial charge in [0.2, 0.25) is 11.0 Å². The zero-order valence-corrected chi connectivity index (χ0v) is 11.5. The Balaban J connectivity index is 2.13. The molecule has 0 aromatic rings. The molecule has 0 saturated carbocycles. The maximum atomic E-state index is 12.5. The second-order valence-electron chi connectivity index (χ2n) is 4.61. The molecule has 1 heterocycles. The van der Waals surface area contributed by atoms with Gasteiger partial charge in [0.1, 0.15) is 0 Å². The molecular weight excluding hydrogens is 275 g/mol. The lowest BCUT2D eigenvalue weighted by Gasteiger charge is -2.28. The summed E-state index contributed by atoms with van der Waals surface area (Å²) in [4.78, 5) is 0. The molecule has 0 spiro atoms. The van der Waals surface area contributed by atoms with Crippen LogP contribution in [-0.2, 0) is 11.0 Å². The van der Waals surface area contributed by atoms with E-state index in [0.717, 1.165) is 21.9 Å². The first kappa shape index (κ1) is 14.5. The molecule has 0 amide bonds. The smallest absolute Gasteiger partial charge is 0.233 e. The minimum atomic E-state index is -4.66. The van der Waals surface area contributed by atoms with Crippen LogP contribution in [0.1, 0.15) is 26.2 Å². The topological polar surface area (TPSA) is 20.3 Å². The van der Waals surface area contributed by atoms with Crippen LogP contribution in [0.2, 0.25) is 0 Å². The summed E-state index contributed by atoms with van der Waals surface area (Å²) in [6.45, 7) is 2.38. The van der Waals surface area contributed by atoms with Crippen molar-refractivity contribution in [3.8, 4) is 0 Å². The molecule has 1 atom stereocenters. The van der Waals surface area contributed by atoms with Crippen LogP contribution in [0.4, 0.5) is 13.2 Å². The Labute approximate surface area is 113 Å². The molecule has 1 aliphatic heterocycles. The summed E-state index contributed by atoms with van der Waals surface area (Å²) in [7, 11) is -2.90. The molecule has 0 N–H and O–H groups in total. The first-order valence-electron chi connectivity index (χ1n) is 6.23. The molecule has 6 heteroatoms. The van der Waals surface area contributed by atoms with E-state index in [1.165, 1.54) is 5.57 Å². The maximum Gasteiger partial charge on any atom is 0.485 e. The molecule has 0 saturated heterocycles. The standard InChI is InChI=1S/C13H16F3NOS/c1-2-10-3-5-11-7-8-17(9-12(11)6-4-10)19(18)13(14,15)16/h3-5H,2,6-9H2,1H3. The van der Waals surface area contributed by atoms with Gasteiger partial charge in [0.15, 0.2) is 0 Å². The van der Waals surface area contributed by atoms with Gasteiger partial charge in [0.05, 0.1) is 0 Å². The highest BCUT2D eigenvalue weighted by molar-refractivity contribution is 7.83. The zero-order chi connectivity index (χ0) is 14.0. The first-order valence-corrected chi connectivity index (χ1v) is 7.34. The van der Waals surface area contributed by atoms with E-state index in [4.69, 9.17) is 0 Å². The van der Waals surface area contributed by atoms with E-state index < -0.39 is 16.5 Å². The Morgan fingerprint density at radius 3 is 2.74 bits per heavy atom. The SMILES string of the molecule is CCC1=CCC2=C(C=C1)CCN(S(=O)C(F)(F)F)C2. The van der Waals surface area contributed by atoms with Gasteiger partial charge in [-0.05, 0) is 30.4 Å². The number of halogens is 3. The summed E-state index contributed by atoms with van der Waals surface area (Å²) in [6, 6.07) is 0. The lowest BCUT2D eigenvalue weighted by Crippen LogP contribution is -2.39. The monoisotopic (exact) mass is 291 g/mol. The van der Waals surface area contributed by atoms with Crippen LogP contribution in [0.3, 0.4) is 0 Å². The highest BCUT2D eigenvalue weighted by atomic mass is 32.2. The van der Waals surface area contributed by atoms with Crippen molar-refractivity contribution >= 4 is 11.0 Å². The third-order valence-electron chi connectivity index (χ3n) is 3.40. The minimum Gasteiger partial charge on any atom is -0.233 e. The number of nitrogens with zero attached hydrogens (tertiary/aromatic N) is 1. The summed E-state index contributed by atoms with van der Waals surface area (Å²) >= 11 is 0. The third kappa shape index (κ3) is 3.36. The van der Waals surface area contributed by atoms with Crippen LogP contribution >= 0.6 is 0 Å². The van der Waals surface area contributed by atoms with Crippen molar-refractivity contribution < 1.29 is 17.4 Å². The van der Waals surface area contributed by atoms with Crippen LogP contribution in [0.25, 0.3) is 0 Å². The van der Waals surface area contributed by atoms with Crippen molar-refractivity contribution in [2.75, 3.05) is 13.1 Å². The lowest BCUT2D eigenvalue weighted by molar-refractivity contribution is -0.0427. The highest BCUT2D eigenvalue weighted by Gasteiger charge is 2.42. The van der Waals surface area contributed by atoms with Gasteiger partial charge in [-0.15, -0.1) is 0 Å². The molecule has 1 unspecified atom stereocenters. The normalized spacial score (nSPS) is 22.8. The van der Waals surface area contributed by atoms with Gasteiger partial charge < -0.3 is 0 Å². The molecular formula is C13H16F3NOS. The molecule has 2 aliphatic rings. The Morgan fingerprint density at radius 1 is 1.37 bits per heavy atom. The molecule has 106 valence electrons. The summed E-state index contributed by atoms with van der Waals surface area (Å²) in [5.41, 5.74) is -1.43. The van der Waals surface area contributed by atoms with Crippen molar-refractivity contribution in [3.63, 3.8) is 0 Å². The van der Waals surface area contributed by atoms with E-state index >= 15 is 0 Å². The van der Waals surface area contributed by atoms with Crippen molar-refractivity contribution in [3.05, 3.63) is 34.9 Å². The van der Waals surface area contributed by atoms with Gasteiger partial charge in [-0.25, -0.2) is 8.51 Å². The zero-order valence-electron chi connectivity index (χ0n) is 10.7. The number of hydrogen-bond donors (Lipinski definition) is 0. The van der Waals surface area contributed by atoms with Crippen molar-refractivity contribution in [2.24, 2.45) is 0 Å². The Kier molecular flexibility index (Phi) is 4.30. The Bertz CT molecular complexity index is 477. The minimum absolute atomic E-state index is 0.138. The number of allylic oxidation sites excluding steroid dienone is 4. The molecule has 0 radical (unpaired) electrons. The summed E-state index contributed by atoms with van der Waals surface area (Å²) in [5, 5.41) is 0. The van der Waals surface area contributed by atoms with E-state index in [1.807, 2.05) is 25.2 Å². The molecule has 0 aromatic heterocycles. The average molecular weight is 291 g/mol. The van der Waals surface area contributed by atoms with Crippen LogP contribution in [-0.4, -0.2) is 27.1 Å². The van der Waals surface area contributed by atoms with Gasteiger partial charge in [0, 0.05) is 13.1 Å². The average Bonchev–Trinajstić information content (AvgIpc) is 2.58. The molecule has 0 fully saturated rings. The lowest BCUT2D eigenvalue weighted by atomic mass is 10.00. The first-order chi connectivity index (χ1) is 8.91. The summed E-state index contributed by atoms with van der Waals surface area (Å²) in [6.07, 6.45) is 8.15. The van der Waals surface area contributed by atoms with Crippen molar-refractivity contribution in [1.29, 1.82) is 0 Å². The van der Waals surface area contributed by atoms with Crippen LogP contribution in [0, 0.1) is 0 Å². The molecule has 0 aromatic carbocycles. The second kappa shape index (κ2) is 5.63. The van der Waals surface area contributed by atoms with E-state index in [9.17, 15) is 17.4 Å². The van der Waals surface area contributed by atoms with Crippen LogP contribution in [0.5, 0.6) is 0 Å². The van der Waals surface area contributed by atoms with Gasteiger partial charge in [0.25, 0.3) is 0 Å². The Hall–Kier alpha value is -0.880. The van der Waals surface area contributed by atoms with Crippen molar-refractivity contribution in [2.45, 2.75) is 31.7 Å². The van der Waals surface area contributed by atoms with Gasteiger partial charge in [-0.3, -0.25) is 0 Å². The molecule has 0 bridgehead atoms. The second-order valence-corrected chi connectivity index (χ2v) is 6.08. The Morgan fingerprint density at radius 2 is 2.11 bits per heavy atom. The number of rotatable bonds is 2. The fourth-order valence-corrected chi connectivity index (χ4v) is 3.12.